The summed E-state index contributed by atoms with van der Waals surface area (Å²) in [6.07, 6.45) is 0. The first-order valence-corrected chi connectivity index (χ1v) is 10.4. The number of fused-ring (bicyclic) bond motifs is 1. The monoisotopic (exact) mass is 487 g/mol. The van der Waals surface area contributed by atoms with E-state index in [2.05, 4.69) is 26.1 Å². The van der Waals surface area contributed by atoms with Crippen molar-refractivity contribution in [1.29, 1.82) is 0 Å². The van der Waals surface area contributed by atoms with E-state index < -0.39 is 6.04 Å². The molecular formula is C22H22BrN3O5. The van der Waals surface area contributed by atoms with Gasteiger partial charge >= 0.3 is 0 Å². The number of benzene rings is 2. The number of aromatic nitrogens is 2. The van der Waals surface area contributed by atoms with Gasteiger partial charge in [0, 0.05) is 17.7 Å². The summed E-state index contributed by atoms with van der Waals surface area (Å²) in [6, 6.07) is 6.25. The van der Waals surface area contributed by atoms with Gasteiger partial charge in [0.15, 0.2) is 11.5 Å². The van der Waals surface area contributed by atoms with Crippen molar-refractivity contribution in [3.63, 3.8) is 0 Å². The van der Waals surface area contributed by atoms with Crippen LogP contribution in [-0.4, -0.2) is 56.6 Å². The van der Waals surface area contributed by atoms with E-state index in [-0.39, 0.29) is 36.3 Å². The van der Waals surface area contributed by atoms with E-state index in [1.165, 1.54) is 12.0 Å². The summed E-state index contributed by atoms with van der Waals surface area (Å²) in [7, 11) is 1.44. The number of β-amino-alcohol motifs (C(OH)–C–C–N with tert-alkyl or cyclic N) is 1. The van der Waals surface area contributed by atoms with Crippen LogP contribution in [0.5, 0.6) is 17.2 Å². The maximum Gasteiger partial charge on any atom is 0.273 e. The molecule has 3 aromatic rings. The Bertz CT molecular complexity index is 1190. The van der Waals surface area contributed by atoms with Gasteiger partial charge in [-0.2, -0.15) is 5.10 Å². The van der Waals surface area contributed by atoms with Crippen molar-refractivity contribution in [3.05, 3.63) is 56.7 Å². The lowest BCUT2D eigenvalue weighted by atomic mass is 9.94. The zero-order valence-corrected chi connectivity index (χ0v) is 18.8. The van der Waals surface area contributed by atoms with E-state index in [1.807, 2.05) is 19.9 Å². The smallest absolute Gasteiger partial charge is 0.273 e. The van der Waals surface area contributed by atoms with Gasteiger partial charge in [-0.15, -0.1) is 0 Å². The molecule has 0 aliphatic carbocycles. The average molecular weight is 488 g/mol. The number of nitrogens with zero attached hydrogens (tertiary/aromatic N) is 2. The summed E-state index contributed by atoms with van der Waals surface area (Å²) >= 11 is 3.34. The summed E-state index contributed by atoms with van der Waals surface area (Å²) < 4.78 is 5.69. The molecule has 31 heavy (non-hydrogen) atoms. The number of nitrogens with one attached hydrogen (secondary N) is 1. The minimum absolute atomic E-state index is 0.0521. The summed E-state index contributed by atoms with van der Waals surface area (Å²) in [6.45, 7) is 3.73. The number of aromatic amines is 1. The van der Waals surface area contributed by atoms with Gasteiger partial charge in [0.1, 0.15) is 17.1 Å². The molecule has 0 radical (unpaired) electrons. The van der Waals surface area contributed by atoms with Gasteiger partial charge in [-0.25, -0.2) is 0 Å². The number of methoxy groups -OCH3 is 1. The molecule has 9 heteroatoms. The highest BCUT2D eigenvalue weighted by Gasteiger charge is 2.42. The molecule has 4 rings (SSSR count). The molecule has 162 valence electrons. The fraction of sp³-hybridized carbons (Fsp3) is 0.273. The van der Waals surface area contributed by atoms with Gasteiger partial charge < -0.3 is 25.0 Å². The van der Waals surface area contributed by atoms with E-state index in [4.69, 9.17) is 4.74 Å². The number of carbonyl (C=O) groups excluding carboxylic acids is 1. The molecule has 0 fully saturated rings. The van der Waals surface area contributed by atoms with Crippen molar-refractivity contribution >= 4 is 21.8 Å². The molecule has 8 nitrogen and oxygen atoms in total. The van der Waals surface area contributed by atoms with E-state index in [9.17, 15) is 20.1 Å². The first-order valence-electron chi connectivity index (χ1n) is 9.65. The van der Waals surface area contributed by atoms with Gasteiger partial charge in [0.25, 0.3) is 5.91 Å². The standard InChI is InChI=1S/C22H22BrN3O5/c1-10-6-13(15(28)7-11(10)2)18-17-19(25-24-18)22(30)26(4-5-27)20(17)12-8-14(23)21(29)16(9-12)31-3/h6-9,20,27-29H,4-5H2,1-3H3,(H,24,25)/t20-/m1/s1. The predicted octanol–water partition coefficient (Wildman–Crippen LogP) is 3.41. The third kappa shape index (κ3) is 3.34. The fourth-order valence-corrected chi connectivity index (χ4v) is 4.44. The number of phenols is 2. The Labute approximate surface area is 187 Å². The molecule has 0 spiro atoms. The maximum atomic E-state index is 13.1. The molecule has 4 N–H and O–H groups in total. The van der Waals surface area contributed by atoms with E-state index in [0.717, 1.165) is 11.1 Å². The first kappa shape index (κ1) is 21.2. The Morgan fingerprint density at radius 2 is 1.90 bits per heavy atom. The van der Waals surface area contributed by atoms with Gasteiger partial charge in [0.2, 0.25) is 0 Å². The Balaban J connectivity index is 1.96. The minimum atomic E-state index is -0.602. The van der Waals surface area contributed by atoms with Crippen LogP contribution < -0.4 is 4.74 Å². The highest BCUT2D eigenvalue weighted by molar-refractivity contribution is 9.10. The van der Waals surface area contributed by atoms with Crippen molar-refractivity contribution in [2.75, 3.05) is 20.3 Å². The van der Waals surface area contributed by atoms with Gasteiger partial charge in [-0.1, -0.05) is 0 Å². The van der Waals surface area contributed by atoms with Crippen molar-refractivity contribution in [2.45, 2.75) is 19.9 Å². The molecule has 1 aromatic heterocycles. The molecule has 1 aliphatic heterocycles. The molecule has 2 heterocycles. The number of halogens is 1. The average Bonchev–Trinajstić information content (AvgIpc) is 3.27. The van der Waals surface area contributed by atoms with Crippen molar-refractivity contribution in [3.8, 4) is 28.5 Å². The van der Waals surface area contributed by atoms with Crippen LogP contribution in [-0.2, 0) is 0 Å². The second-order valence-electron chi connectivity index (χ2n) is 7.49. The lowest BCUT2D eigenvalue weighted by Crippen LogP contribution is -2.32. The van der Waals surface area contributed by atoms with Crippen molar-refractivity contribution < 1.29 is 24.9 Å². The highest BCUT2D eigenvalue weighted by atomic mass is 79.9. The fourth-order valence-electron chi connectivity index (χ4n) is 3.98. The number of phenolic OH excluding ortho intramolecular Hbond substituents is 2. The number of rotatable bonds is 5. The quantitative estimate of drug-likeness (QED) is 0.437. The molecule has 0 bridgehead atoms. The number of aromatic hydroxyl groups is 2. The zero-order valence-electron chi connectivity index (χ0n) is 17.2. The number of amides is 1. The molecule has 1 amide bonds. The highest BCUT2D eigenvalue weighted by Crippen LogP contribution is 2.47. The number of ether oxygens (including phenoxy) is 1. The molecule has 1 atom stereocenters. The third-order valence-corrected chi connectivity index (χ3v) is 6.26. The van der Waals surface area contributed by atoms with E-state index in [0.29, 0.717) is 32.6 Å². The van der Waals surface area contributed by atoms with Crippen LogP contribution in [0.2, 0.25) is 0 Å². The number of hydrogen-bond donors (Lipinski definition) is 4. The van der Waals surface area contributed by atoms with Crippen molar-refractivity contribution in [2.24, 2.45) is 0 Å². The predicted molar refractivity (Wildman–Crippen MR) is 117 cm³/mol. The zero-order chi connectivity index (χ0) is 22.4. The minimum Gasteiger partial charge on any atom is -0.507 e. The summed E-state index contributed by atoms with van der Waals surface area (Å²) in [4.78, 5) is 14.6. The van der Waals surface area contributed by atoms with Crippen molar-refractivity contribution in [1.82, 2.24) is 15.1 Å². The lowest BCUT2D eigenvalue weighted by molar-refractivity contribution is 0.0706. The number of carbonyl (C=O) groups is 1. The van der Waals surface area contributed by atoms with Crippen LogP contribution in [0.3, 0.4) is 0 Å². The number of aliphatic hydroxyl groups is 1. The molecule has 2 aromatic carbocycles. The molecule has 0 saturated carbocycles. The Kier molecular flexibility index (Phi) is 5.40. The van der Waals surface area contributed by atoms with E-state index >= 15 is 0 Å². The third-order valence-electron chi connectivity index (χ3n) is 5.66. The largest absolute Gasteiger partial charge is 0.507 e. The summed E-state index contributed by atoms with van der Waals surface area (Å²) in [5.74, 6) is -0.0509. The van der Waals surface area contributed by atoms with Crippen LogP contribution in [0.1, 0.15) is 38.8 Å². The van der Waals surface area contributed by atoms with Crippen LogP contribution >= 0.6 is 15.9 Å². The second-order valence-corrected chi connectivity index (χ2v) is 8.35. The second kappa shape index (κ2) is 7.90. The van der Waals surface area contributed by atoms with Gasteiger partial charge in [-0.05, 0) is 70.7 Å². The Hall–Kier alpha value is -3.04. The molecule has 1 aliphatic rings. The number of hydrogen-bond acceptors (Lipinski definition) is 6. The van der Waals surface area contributed by atoms with E-state index in [1.54, 1.807) is 18.2 Å². The van der Waals surface area contributed by atoms with Gasteiger partial charge in [0.05, 0.1) is 24.2 Å². The van der Waals surface area contributed by atoms with Gasteiger partial charge in [-0.3, -0.25) is 9.89 Å². The molecule has 0 unspecified atom stereocenters. The Morgan fingerprint density at radius 1 is 1.19 bits per heavy atom. The van der Waals surface area contributed by atoms with Crippen LogP contribution in [0.25, 0.3) is 11.3 Å². The summed E-state index contributed by atoms with van der Waals surface area (Å²) in [5.41, 5.74) is 4.44. The van der Waals surface area contributed by atoms with Crippen LogP contribution in [0, 0.1) is 13.8 Å². The number of H-pyrrole nitrogens is 1. The number of aliphatic hydroxyl groups excluding tert-OH is 1. The molecule has 0 saturated heterocycles. The number of aryl methyl sites for hydroxylation is 2. The summed E-state index contributed by atoms with van der Waals surface area (Å²) in [5, 5.41) is 37.6. The Morgan fingerprint density at radius 3 is 2.58 bits per heavy atom. The van der Waals surface area contributed by atoms with Crippen LogP contribution in [0.15, 0.2) is 28.7 Å². The first-order chi connectivity index (χ1) is 14.8. The molecular weight excluding hydrogens is 466 g/mol. The maximum absolute atomic E-state index is 13.1. The normalized spacial score (nSPS) is 15.5. The SMILES string of the molecule is COc1cc([C@@H]2c3c(-c4cc(C)c(C)cc4O)n[nH]c3C(=O)N2CCO)cc(Br)c1O. The lowest BCUT2D eigenvalue weighted by Gasteiger charge is -2.26. The topological polar surface area (TPSA) is 119 Å². The van der Waals surface area contributed by atoms with Crippen LogP contribution in [0.4, 0.5) is 0 Å².